The lowest BCUT2D eigenvalue weighted by atomic mass is 9.95. The van der Waals surface area contributed by atoms with E-state index in [-0.39, 0.29) is 41.8 Å². The molecule has 44 heavy (non-hydrogen) atoms. The summed E-state index contributed by atoms with van der Waals surface area (Å²) in [5.41, 5.74) is 1.63. The molecule has 2 aliphatic rings. The van der Waals surface area contributed by atoms with Gasteiger partial charge in [0.25, 0.3) is 5.91 Å². The SMILES string of the molecule is O=C(NC1CCCCC1)[C@H](c1ccco1)N(C(=O)Cn1nnc2ccccc21)c1ccc(S(=O)(=O)NC[C@@H]2CCCO2)cc1. The van der Waals surface area contributed by atoms with Gasteiger partial charge < -0.3 is 14.5 Å². The molecule has 1 aliphatic heterocycles. The molecule has 0 unspecified atom stereocenters. The fraction of sp³-hybridized carbons (Fsp3) is 0.419. The molecule has 1 saturated carbocycles. The van der Waals surface area contributed by atoms with E-state index in [0.29, 0.717) is 23.3 Å². The zero-order chi connectivity index (χ0) is 30.5. The summed E-state index contributed by atoms with van der Waals surface area (Å²) < 4.78 is 41.4. The molecule has 2 N–H and O–H groups in total. The highest BCUT2D eigenvalue weighted by Crippen LogP contribution is 2.31. The summed E-state index contributed by atoms with van der Waals surface area (Å²) >= 11 is 0. The van der Waals surface area contributed by atoms with Gasteiger partial charge in [0.2, 0.25) is 15.9 Å². The molecule has 2 aromatic heterocycles. The van der Waals surface area contributed by atoms with Crippen LogP contribution < -0.4 is 14.9 Å². The van der Waals surface area contributed by atoms with E-state index in [1.807, 2.05) is 18.2 Å². The Bertz CT molecular complexity index is 1680. The second-order valence-corrected chi connectivity index (χ2v) is 13.0. The molecule has 2 amide bonds. The summed E-state index contributed by atoms with van der Waals surface area (Å²) in [5, 5.41) is 11.5. The Morgan fingerprint density at radius 1 is 0.977 bits per heavy atom. The predicted octanol–water partition coefficient (Wildman–Crippen LogP) is 3.71. The summed E-state index contributed by atoms with van der Waals surface area (Å²) in [7, 11) is -3.83. The normalized spacial score (nSPS) is 18.3. The number of benzene rings is 2. The molecule has 12 nitrogen and oxygen atoms in total. The second kappa shape index (κ2) is 13.3. The Morgan fingerprint density at radius 3 is 2.50 bits per heavy atom. The summed E-state index contributed by atoms with van der Waals surface area (Å²) in [6.45, 7) is 0.598. The third kappa shape index (κ3) is 6.69. The van der Waals surface area contributed by atoms with Crippen LogP contribution in [-0.4, -0.2) is 60.5 Å². The first-order valence-electron chi connectivity index (χ1n) is 15.0. The van der Waals surface area contributed by atoms with Gasteiger partial charge in [0.1, 0.15) is 17.8 Å². The molecule has 2 fully saturated rings. The van der Waals surface area contributed by atoms with E-state index in [9.17, 15) is 18.0 Å². The number of rotatable bonds is 11. The highest BCUT2D eigenvalue weighted by atomic mass is 32.2. The Hall–Kier alpha value is -4.07. The first-order chi connectivity index (χ1) is 21.4. The largest absolute Gasteiger partial charge is 0.467 e. The van der Waals surface area contributed by atoms with Gasteiger partial charge in [0.15, 0.2) is 6.04 Å². The third-order valence-electron chi connectivity index (χ3n) is 8.19. The van der Waals surface area contributed by atoms with E-state index in [2.05, 4.69) is 20.4 Å². The van der Waals surface area contributed by atoms with Crippen LogP contribution >= 0.6 is 0 Å². The van der Waals surface area contributed by atoms with Crippen LogP contribution in [0.25, 0.3) is 11.0 Å². The highest BCUT2D eigenvalue weighted by Gasteiger charge is 2.36. The van der Waals surface area contributed by atoms with Crippen LogP contribution in [0.2, 0.25) is 0 Å². The fourth-order valence-electron chi connectivity index (χ4n) is 5.90. The number of aromatic nitrogens is 3. The molecular formula is C31H36N6O6S. The molecule has 1 saturated heterocycles. The van der Waals surface area contributed by atoms with E-state index < -0.39 is 22.0 Å². The molecule has 4 aromatic rings. The Kier molecular flexibility index (Phi) is 9.05. The van der Waals surface area contributed by atoms with Gasteiger partial charge >= 0.3 is 0 Å². The van der Waals surface area contributed by atoms with Gasteiger partial charge in [0.05, 0.1) is 22.8 Å². The molecule has 3 heterocycles. The minimum absolute atomic E-state index is 0.00707. The van der Waals surface area contributed by atoms with Crippen molar-refractivity contribution < 1.29 is 27.2 Å². The minimum Gasteiger partial charge on any atom is -0.467 e. The molecule has 6 rings (SSSR count). The van der Waals surface area contributed by atoms with Crippen molar-refractivity contribution in [3.63, 3.8) is 0 Å². The van der Waals surface area contributed by atoms with Crippen LogP contribution in [0.3, 0.4) is 0 Å². The van der Waals surface area contributed by atoms with Crippen molar-refractivity contribution in [1.29, 1.82) is 0 Å². The first kappa shape index (κ1) is 30.0. The van der Waals surface area contributed by atoms with Crippen molar-refractivity contribution in [3.05, 3.63) is 72.7 Å². The lowest BCUT2D eigenvalue weighted by Gasteiger charge is -2.32. The highest BCUT2D eigenvalue weighted by molar-refractivity contribution is 7.89. The van der Waals surface area contributed by atoms with E-state index in [4.69, 9.17) is 9.15 Å². The van der Waals surface area contributed by atoms with Crippen LogP contribution in [0.15, 0.2) is 76.2 Å². The van der Waals surface area contributed by atoms with Crippen LogP contribution in [0.1, 0.15) is 56.7 Å². The molecule has 13 heteroatoms. The van der Waals surface area contributed by atoms with E-state index in [0.717, 1.165) is 44.9 Å². The fourth-order valence-corrected chi connectivity index (χ4v) is 6.97. The van der Waals surface area contributed by atoms with Gasteiger partial charge in [-0.15, -0.1) is 5.10 Å². The van der Waals surface area contributed by atoms with Crippen LogP contribution in [0, 0.1) is 0 Å². The van der Waals surface area contributed by atoms with Gasteiger partial charge in [-0.1, -0.05) is 36.6 Å². The lowest BCUT2D eigenvalue weighted by molar-refractivity contribution is -0.128. The number of nitrogens with one attached hydrogen (secondary N) is 2. The maximum absolute atomic E-state index is 14.2. The topological polar surface area (TPSA) is 149 Å². The van der Waals surface area contributed by atoms with Crippen LogP contribution in [0.4, 0.5) is 5.69 Å². The number of anilines is 1. The van der Waals surface area contributed by atoms with Gasteiger partial charge in [-0.05, 0) is 74.2 Å². The average Bonchev–Trinajstić information content (AvgIpc) is 3.83. The first-order valence-corrected chi connectivity index (χ1v) is 16.5. The number of amides is 2. The zero-order valence-corrected chi connectivity index (χ0v) is 25.1. The number of ether oxygens (including phenoxy) is 1. The van der Waals surface area contributed by atoms with Crippen molar-refractivity contribution in [2.24, 2.45) is 0 Å². The molecule has 1 aliphatic carbocycles. The standard InChI is InChI=1S/C31H36N6O6S/c38-29(21-36-27-12-5-4-11-26(27)34-35-36)37(30(28-13-7-19-43-28)31(39)33-22-8-2-1-3-9-22)23-14-16-25(17-15-23)44(40,41)32-20-24-10-6-18-42-24/h4-5,7,11-17,19,22,24,30,32H,1-3,6,8-10,18,20-21H2,(H,33,39)/t24-,30-/m0/s1. The van der Waals surface area contributed by atoms with Gasteiger partial charge in [0, 0.05) is 24.9 Å². The predicted molar refractivity (Wildman–Crippen MR) is 162 cm³/mol. The summed E-state index contributed by atoms with van der Waals surface area (Å²) in [6.07, 6.45) is 7.91. The summed E-state index contributed by atoms with van der Waals surface area (Å²) in [5.74, 6) is -0.545. The number of fused-ring (bicyclic) bond motifs is 1. The van der Waals surface area contributed by atoms with Gasteiger partial charge in [-0.2, -0.15) is 0 Å². The maximum atomic E-state index is 14.2. The zero-order valence-electron chi connectivity index (χ0n) is 24.3. The van der Waals surface area contributed by atoms with Crippen molar-refractivity contribution in [2.75, 3.05) is 18.1 Å². The lowest BCUT2D eigenvalue weighted by Crippen LogP contribution is -2.48. The number of carbonyl (C=O) groups excluding carboxylic acids is 2. The third-order valence-corrected chi connectivity index (χ3v) is 9.63. The smallest absolute Gasteiger partial charge is 0.251 e. The molecule has 2 atom stereocenters. The number of carbonyl (C=O) groups is 2. The number of sulfonamides is 1. The number of furan rings is 1. The average molecular weight is 621 g/mol. The molecule has 0 bridgehead atoms. The number of hydrogen-bond acceptors (Lipinski definition) is 8. The Morgan fingerprint density at radius 2 is 1.77 bits per heavy atom. The summed E-state index contributed by atoms with van der Waals surface area (Å²) in [4.78, 5) is 29.5. The molecule has 232 valence electrons. The van der Waals surface area contributed by atoms with Crippen molar-refractivity contribution in [2.45, 2.75) is 74.6 Å². The molecule has 0 spiro atoms. The van der Waals surface area contributed by atoms with Crippen LogP contribution in [-0.2, 0) is 30.9 Å². The maximum Gasteiger partial charge on any atom is 0.251 e. The summed E-state index contributed by atoms with van der Waals surface area (Å²) in [6, 6.07) is 15.4. The quantitative estimate of drug-likeness (QED) is 0.258. The monoisotopic (exact) mass is 620 g/mol. The minimum atomic E-state index is -3.83. The Balaban J connectivity index is 1.33. The number of nitrogens with zero attached hydrogens (tertiary/aromatic N) is 4. The van der Waals surface area contributed by atoms with E-state index >= 15 is 0 Å². The van der Waals surface area contributed by atoms with Crippen molar-refractivity contribution in [1.82, 2.24) is 25.0 Å². The van der Waals surface area contributed by atoms with Gasteiger partial charge in [-0.3, -0.25) is 14.5 Å². The number of para-hydroxylation sites is 1. The van der Waals surface area contributed by atoms with Crippen LogP contribution in [0.5, 0.6) is 0 Å². The van der Waals surface area contributed by atoms with Gasteiger partial charge in [-0.25, -0.2) is 17.8 Å². The Labute approximate surface area is 255 Å². The van der Waals surface area contributed by atoms with E-state index in [1.165, 1.54) is 40.1 Å². The molecular weight excluding hydrogens is 584 g/mol. The van der Waals surface area contributed by atoms with Crippen molar-refractivity contribution in [3.8, 4) is 0 Å². The van der Waals surface area contributed by atoms with E-state index in [1.54, 1.807) is 18.2 Å². The molecule has 0 radical (unpaired) electrons. The second-order valence-electron chi connectivity index (χ2n) is 11.2. The molecule has 2 aromatic carbocycles. The number of hydrogen-bond donors (Lipinski definition) is 2. The van der Waals surface area contributed by atoms with Crippen molar-refractivity contribution >= 4 is 38.6 Å².